The second kappa shape index (κ2) is 8.23. The molecule has 6 heteroatoms. The number of hydrogen-bond donors (Lipinski definition) is 2. The molecule has 0 saturated carbocycles. The number of aryl methyl sites for hydroxylation is 1. The van der Waals surface area contributed by atoms with Crippen molar-refractivity contribution in [1.82, 2.24) is 9.78 Å². The summed E-state index contributed by atoms with van der Waals surface area (Å²) in [6, 6.07) is 24.3. The van der Waals surface area contributed by atoms with Crippen molar-refractivity contribution in [2.45, 2.75) is 6.54 Å². The van der Waals surface area contributed by atoms with E-state index in [-0.39, 0.29) is 5.56 Å². The van der Waals surface area contributed by atoms with Crippen molar-refractivity contribution in [2.24, 2.45) is 12.8 Å². The minimum Gasteiger partial charge on any atom is -0.457 e. The van der Waals surface area contributed by atoms with E-state index in [4.69, 9.17) is 16.2 Å². The summed E-state index contributed by atoms with van der Waals surface area (Å²) in [4.78, 5) is 12.4. The summed E-state index contributed by atoms with van der Waals surface area (Å²) in [6.45, 7) is 0.349. The van der Waals surface area contributed by atoms with Gasteiger partial charge < -0.3 is 16.2 Å². The molecule has 0 spiro atoms. The number of nitrogens with two attached hydrogens (primary N) is 2. The number of hydrogen-bond acceptors (Lipinski definition) is 5. The van der Waals surface area contributed by atoms with Gasteiger partial charge >= 0.3 is 0 Å². The van der Waals surface area contributed by atoms with E-state index in [2.05, 4.69) is 5.10 Å². The Morgan fingerprint density at radius 1 is 0.933 bits per heavy atom. The molecule has 0 radical (unpaired) electrons. The molecule has 3 aromatic carbocycles. The third-order valence-electron chi connectivity index (χ3n) is 4.88. The molecule has 30 heavy (non-hydrogen) atoms. The Balaban J connectivity index is 1.89. The van der Waals surface area contributed by atoms with Crippen LogP contribution in [0.4, 0.5) is 5.69 Å². The van der Waals surface area contributed by atoms with E-state index in [1.165, 1.54) is 4.68 Å². The van der Waals surface area contributed by atoms with Crippen molar-refractivity contribution in [3.63, 3.8) is 0 Å². The topological polar surface area (TPSA) is 96.2 Å². The molecule has 0 unspecified atom stereocenters. The van der Waals surface area contributed by atoms with Crippen LogP contribution in [0, 0.1) is 0 Å². The minimum absolute atomic E-state index is 0.211. The lowest BCUT2D eigenvalue weighted by atomic mass is 9.97. The van der Waals surface area contributed by atoms with Crippen LogP contribution in [0.15, 0.2) is 83.7 Å². The van der Waals surface area contributed by atoms with Gasteiger partial charge in [0.05, 0.1) is 0 Å². The van der Waals surface area contributed by atoms with E-state index in [0.717, 1.165) is 16.7 Å². The van der Waals surface area contributed by atoms with Gasteiger partial charge in [0.2, 0.25) is 0 Å². The number of nitrogen functional groups attached to an aromatic ring is 1. The summed E-state index contributed by atoms with van der Waals surface area (Å²) in [5, 5.41) is 4.55. The van der Waals surface area contributed by atoms with E-state index >= 15 is 0 Å². The lowest BCUT2D eigenvalue weighted by Gasteiger charge is -2.15. The molecule has 0 atom stereocenters. The normalized spacial score (nSPS) is 10.7. The van der Waals surface area contributed by atoms with Gasteiger partial charge in [0.1, 0.15) is 17.2 Å². The molecule has 0 saturated heterocycles. The first-order chi connectivity index (χ1) is 14.6. The molecule has 4 N–H and O–H groups in total. The number of ether oxygens (including phenoxy) is 1. The van der Waals surface area contributed by atoms with Crippen LogP contribution in [0.3, 0.4) is 0 Å². The molecule has 0 aliphatic heterocycles. The number of aromatic nitrogens is 2. The zero-order chi connectivity index (χ0) is 21.1. The van der Waals surface area contributed by atoms with Crippen molar-refractivity contribution < 1.29 is 4.74 Å². The SMILES string of the molecule is Cn1nc(-c2ccccc2Oc2ccccc2)c(-c2ccc(CN)c(N)c2)cc1=O. The van der Waals surface area contributed by atoms with Crippen molar-refractivity contribution in [2.75, 3.05) is 5.73 Å². The first-order valence-corrected chi connectivity index (χ1v) is 9.56. The highest BCUT2D eigenvalue weighted by Gasteiger charge is 2.17. The number of anilines is 1. The van der Waals surface area contributed by atoms with E-state index < -0.39 is 0 Å². The number of para-hydroxylation sites is 2. The van der Waals surface area contributed by atoms with Gasteiger partial charge in [-0.3, -0.25) is 4.79 Å². The van der Waals surface area contributed by atoms with Gasteiger partial charge in [0, 0.05) is 36.5 Å². The van der Waals surface area contributed by atoms with Crippen LogP contribution in [0.1, 0.15) is 5.56 Å². The monoisotopic (exact) mass is 398 g/mol. The molecule has 0 aliphatic carbocycles. The first-order valence-electron chi connectivity index (χ1n) is 9.56. The van der Waals surface area contributed by atoms with Gasteiger partial charge in [-0.05, 0) is 41.5 Å². The fraction of sp³-hybridized carbons (Fsp3) is 0.0833. The Kier molecular flexibility index (Phi) is 5.32. The predicted octanol–water partition coefficient (Wildman–Crippen LogP) is 3.95. The zero-order valence-corrected chi connectivity index (χ0v) is 16.6. The molecule has 6 nitrogen and oxygen atoms in total. The summed E-state index contributed by atoms with van der Waals surface area (Å²) < 4.78 is 7.43. The fourth-order valence-corrected chi connectivity index (χ4v) is 3.27. The average molecular weight is 398 g/mol. The van der Waals surface area contributed by atoms with E-state index in [0.29, 0.717) is 35.0 Å². The molecule has 4 aromatic rings. The van der Waals surface area contributed by atoms with Crippen molar-refractivity contribution in [3.8, 4) is 33.9 Å². The van der Waals surface area contributed by atoms with Crippen molar-refractivity contribution >= 4 is 5.69 Å². The predicted molar refractivity (Wildman–Crippen MR) is 119 cm³/mol. The standard InChI is InChI=1S/C24H22N4O2/c1-28-23(29)14-20(16-11-12-17(15-25)21(26)13-16)24(27-28)19-9-5-6-10-22(19)30-18-7-3-2-4-8-18/h2-14H,15,25-26H2,1H3. The van der Waals surface area contributed by atoms with Gasteiger partial charge in [0.25, 0.3) is 5.56 Å². The van der Waals surface area contributed by atoms with Gasteiger partial charge in [-0.2, -0.15) is 5.10 Å². The fourth-order valence-electron chi connectivity index (χ4n) is 3.27. The molecule has 0 aliphatic rings. The van der Waals surface area contributed by atoms with Gasteiger partial charge in [-0.1, -0.05) is 42.5 Å². The molecule has 0 bridgehead atoms. The van der Waals surface area contributed by atoms with Crippen LogP contribution in [0.2, 0.25) is 0 Å². The molecule has 150 valence electrons. The summed E-state index contributed by atoms with van der Waals surface area (Å²) in [5.41, 5.74) is 16.0. The molecular formula is C24H22N4O2. The smallest absolute Gasteiger partial charge is 0.267 e. The second-order valence-corrected chi connectivity index (χ2v) is 6.90. The Hall–Kier alpha value is -3.90. The Morgan fingerprint density at radius 2 is 1.67 bits per heavy atom. The van der Waals surface area contributed by atoms with Crippen LogP contribution >= 0.6 is 0 Å². The largest absolute Gasteiger partial charge is 0.457 e. The molecule has 4 rings (SSSR count). The summed E-state index contributed by atoms with van der Waals surface area (Å²) in [5.74, 6) is 1.36. The summed E-state index contributed by atoms with van der Waals surface area (Å²) in [6.07, 6.45) is 0. The van der Waals surface area contributed by atoms with E-state index in [1.54, 1.807) is 13.1 Å². The van der Waals surface area contributed by atoms with Gasteiger partial charge in [-0.15, -0.1) is 0 Å². The highest BCUT2D eigenvalue weighted by atomic mass is 16.5. The van der Waals surface area contributed by atoms with Crippen molar-refractivity contribution in [3.05, 3.63) is 94.8 Å². The number of benzene rings is 3. The van der Waals surface area contributed by atoms with Crippen LogP contribution in [-0.2, 0) is 13.6 Å². The number of rotatable bonds is 5. The molecule has 0 fully saturated rings. The molecule has 1 aromatic heterocycles. The Morgan fingerprint density at radius 3 is 2.40 bits per heavy atom. The highest BCUT2D eigenvalue weighted by molar-refractivity contribution is 5.84. The average Bonchev–Trinajstić information content (AvgIpc) is 2.76. The molecular weight excluding hydrogens is 376 g/mol. The van der Waals surface area contributed by atoms with Crippen LogP contribution < -0.4 is 21.8 Å². The first kappa shape index (κ1) is 19.4. The maximum atomic E-state index is 12.4. The quantitative estimate of drug-likeness (QED) is 0.496. The molecule has 1 heterocycles. The van der Waals surface area contributed by atoms with Crippen LogP contribution in [0.5, 0.6) is 11.5 Å². The van der Waals surface area contributed by atoms with Gasteiger partial charge in [-0.25, -0.2) is 4.68 Å². The van der Waals surface area contributed by atoms with Crippen LogP contribution in [0.25, 0.3) is 22.4 Å². The Bertz CT molecular complexity index is 1250. The molecule has 0 amide bonds. The van der Waals surface area contributed by atoms with Gasteiger partial charge in [0.15, 0.2) is 0 Å². The Labute approximate surface area is 174 Å². The summed E-state index contributed by atoms with van der Waals surface area (Å²) in [7, 11) is 1.63. The zero-order valence-electron chi connectivity index (χ0n) is 16.6. The van der Waals surface area contributed by atoms with E-state index in [9.17, 15) is 4.79 Å². The maximum absolute atomic E-state index is 12.4. The highest BCUT2D eigenvalue weighted by Crippen LogP contribution is 2.37. The minimum atomic E-state index is -0.211. The third-order valence-corrected chi connectivity index (χ3v) is 4.88. The van der Waals surface area contributed by atoms with Crippen LogP contribution in [-0.4, -0.2) is 9.78 Å². The lowest BCUT2D eigenvalue weighted by Crippen LogP contribution is -2.19. The third kappa shape index (κ3) is 3.81. The maximum Gasteiger partial charge on any atom is 0.267 e. The second-order valence-electron chi connectivity index (χ2n) is 6.90. The number of nitrogens with zero attached hydrogens (tertiary/aromatic N) is 2. The van der Waals surface area contributed by atoms with Crippen molar-refractivity contribution in [1.29, 1.82) is 0 Å². The lowest BCUT2D eigenvalue weighted by molar-refractivity contribution is 0.484. The van der Waals surface area contributed by atoms with E-state index in [1.807, 2.05) is 72.8 Å². The summed E-state index contributed by atoms with van der Waals surface area (Å²) >= 11 is 0.